The van der Waals surface area contributed by atoms with Gasteiger partial charge in [-0.05, 0) is 30.3 Å². The highest BCUT2D eigenvalue weighted by Gasteiger charge is 2.08. The topological polar surface area (TPSA) is 59.4 Å². The predicted molar refractivity (Wildman–Crippen MR) is 59.5 cm³/mol. The number of furan rings is 1. The first-order chi connectivity index (χ1) is 7.20. The van der Waals surface area contributed by atoms with Crippen molar-refractivity contribution in [2.75, 3.05) is 5.73 Å². The van der Waals surface area contributed by atoms with E-state index in [0.29, 0.717) is 22.2 Å². The number of halogens is 1. The van der Waals surface area contributed by atoms with Gasteiger partial charge >= 0.3 is 0 Å². The van der Waals surface area contributed by atoms with E-state index >= 15 is 0 Å². The second kappa shape index (κ2) is 3.96. The largest absolute Gasteiger partial charge is 0.459 e. The molecule has 1 aromatic heterocycles. The Kier molecular flexibility index (Phi) is 2.66. The SMILES string of the molecule is Nc1ccc(-c2ccc(CO)o2)c(Cl)c1. The van der Waals surface area contributed by atoms with Gasteiger partial charge in [0.1, 0.15) is 18.1 Å². The van der Waals surface area contributed by atoms with Gasteiger partial charge in [-0.3, -0.25) is 0 Å². The fourth-order valence-corrected chi connectivity index (χ4v) is 1.62. The van der Waals surface area contributed by atoms with E-state index in [1.54, 1.807) is 30.3 Å². The van der Waals surface area contributed by atoms with Gasteiger partial charge in [0.25, 0.3) is 0 Å². The van der Waals surface area contributed by atoms with Crippen LogP contribution >= 0.6 is 11.6 Å². The summed E-state index contributed by atoms with van der Waals surface area (Å²) in [4.78, 5) is 0. The first-order valence-electron chi connectivity index (χ1n) is 4.45. The highest BCUT2D eigenvalue weighted by molar-refractivity contribution is 6.33. The maximum Gasteiger partial charge on any atom is 0.135 e. The molecule has 0 atom stereocenters. The lowest BCUT2D eigenvalue weighted by molar-refractivity contribution is 0.248. The molecule has 0 saturated carbocycles. The normalized spacial score (nSPS) is 10.5. The standard InChI is InChI=1S/C11H10ClNO2/c12-10-5-7(13)1-3-9(10)11-4-2-8(6-14)15-11/h1-5,14H,6,13H2. The van der Waals surface area contributed by atoms with Crippen LogP contribution < -0.4 is 5.73 Å². The minimum absolute atomic E-state index is 0.118. The lowest BCUT2D eigenvalue weighted by Crippen LogP contribution is -1.85. The minimum Gasteiger partial charge on any atom is -0.459 e. The molecule has 2 aromatic rings. The van der Waals surface area contributed by atoms with E-state index in [1.807, 2.05) is 0 Å². The van der Waals surface area contributed by atoms with Crippen LogP contribution in [0.4, 0.5) is 5.69 Å². The van der Waals surface area contributed by atoms with Gasteiger partial charge in [0.05, 0.1) is 5.02 Å². The number of hydrogen-bond donors (Lipinski definition) is 2. The fraction of sp³-hybridized carbons (Fsp3) is 0.0909. The molecule has 15 heavy (non-hydrogen) atoms. The summed E-state index contributed by atoms with van der Waals surface area (Å²) >= 11 is 6.01. The van der Waals surface area contributed by atoms with Gasteiger partial charge in [-0.25, -0.2) is 0 Å². The Labute approximate surface area is 92.1 Å². The number of anilines is 1. The predicted octanol–water partition coefficient (Wildman–Crippen LogP) is 2.67. The van der Waals surface area contributed by atoms with Crippen LogP contribution in [-0.2, 0) is 6.61 Å². The zero-order valence-electron chi connectivity index (χ0n) is 7.90. The van der Waals surface area contributed by atoms with Crippen molar-refractivity contribution in [2.45, 2.75) is 6.61 Å². The number of aliphatic hydroxyl groups excluding tert-OH is 1. The van der Waals surface area contributed by atoms with E-state index < -0.39 is 0 Å². The van der Waals surface area contributed by atoms with Gasteiger partial charge in [0.2, 0.25) is 0 Å². The zero-order valence-corrected chi connectivity index (χ0v) is 8.66. The molecule has 0 aliphatic carbocycles. The molecule has 3 N–H and O–H groups in total. The average Bonchev–Trinajstić information content (AvgIpc) is 2.66. The maximum atomic E-state index is 8.86. The van der Waals surface area contributed by atoms with Gasteiger partial charge < -0.3 is 15.3 Å². The quantitative estimate of drug-likeness (QED) is 0.770. The second-order valence-corrected chi connectivity index (χ2v) is 3.57. The molecule has 0 radical (unpaired) electrons. The number of hydrogen-bond acceptors (Lipinski definition) is 3. The van der Waals surface area contributed by atoms with Crippen molar-refractivity contribution >= 4 is 17.3 Å². The first-order valence-corrected chi connectivity index (χ1v) is 4.83. The fourth-order valence-electron chi connectivity index (χ4n) is 1.34. The summed E-state index contributed by atoms with van der Waals surface area (Å²) < 4.78 is 5.36. The van der Waals surface area contributed by atoms with E-state index in [9.17, 15) is 0 Å². The summed E-state index contributed by atoms with van der Waals surface area (Å²) in [5.41, 5.74) is 6.96. The summed E-state index contributed by atoms with van der Waals surface area (Å²) in [5.74, 6) is 1.14. The molecule has 3 nitrogen and oxygen atoms in total. The Hall–Kier alpha value is -1.45. The smallest absolute Gasteiger partial charge is 0.135 e. The van der Waals surface area contributed by atoms with Crippen LogP contribution in [0.25, 0.3) is 11.3 Å². The Bertz CT molecular complexity index is 479. The number of aliphatic hydroxyl groups is 1. The van der Waals surface area contributed by atoms with Gasteiger partial charge in [-0.15, -0.1) is 0 Å². The molecule has 0 amide bonds. The van der Waals surface area contributed by atoms with Crippen LogP contribution in [0.2, 0.25) is 5.02 Å². The molecule has 0 bridgehead atoms. The Morgan fingerprint density at radius 3 is 2.67 bits per heavy atom. The Balaban J connectivity index is 2.44. The van der Waals surface area contributed by atoms with Crippen molar-refractivity contribution in [1.82, 2.24) is 0 Å². The zero-order chi connectivity index (χ0) is 10.8. The minimum atomic E-state index is -0.118. The molecular formula is C11H10ClNO2. The van der Waals surface area contributed by atoms with Crippen LogP contribution in [0.5, 0.6) is 0 Å². The molecule has 1 aromatic carbocycles. The van der Waals surface area contributed by atoms with Crippen LogP contribution in [0.15, 0.2) is 34.7 Å². The lowest BCUT2D eigenvalue weighted by Gasteiger charge is -2.01. The number of benzene rings is 1. The first kappa shape index (κ1) is 10.1. The second-order valence-electron chi connectivity index (χ2n) is 3.16. The van der Waals surface area contributed by atoms with Gasteiger partial charge in [-0.1, -0.05) is 11.6 Å². The summed E-state index contributed by atoms with van der Waals surface area (Å²) in [6.07, 6.45) is 0. The van der Waals surface area contributed by atoms with E-state index in [4.69, 9.17) is 26.9 Å². The molecule has 0 aliphatic rings. The third-order valence-corrected chi connectivity index (χ3v) is 2.39. The van der Waals surface area contributed by atoms with Crippen LogP contribution in [-0.4, -0.2) is 5.11 Å². The van der Waals surface area contributed by atoms with Crippen molar-refractivity contribution in [3.05, 3.63) is 41.1 Å². The molecule has 2 rings (SSSR count). The van der Waals surface area contributed by atoms with Crippen LogP contribution in [0, 0.1) is 0 Å². The van der Waals surface area contributed by atoms with E-state index in [2.05, 4.69) is 0 Å². The van der Waals surface area contributed by atoms with E-state index in [-0.39, 0.29) is 6.61 Å². The molecule has 78 valence electrons. The molecule has 0 fully saturated rings. The molecule has 4 heteroatoms. The monoisotopic (exact) mass is 223 g/mol. The highest BCUT2D eigenvalue weighted by Crippen LogP contribution is 2.30. The summed E-state index contributed by atoms with van der Waals surface area (Å²) in [7, 11) is 0. The lowest BCUT2D eigenvalue weighted by atomic mass is 10.1. The summed E-state index contributed by atoms with van der Waals surface area (Å²) in [6.45, 7) is -0.118. The van der Waals surface area contributed by atoms with Crippen molar-refractivity contribution in [3.63, 3.8) is 0 Å². The third-order valence-electron chi connectivity index (χ3n) is 2.08. The van der Waals surface area contributed by atoms with Gasteiger partial charge in [0.15, 0.2) is 0 Å². The highest BCUT2D eigenvalue weighted by atomic mass is 35.5. The molecule has 0 unspecified atom stereocenters. The number of rotatable bonds is 2. The van der Waals surface area contributed by atoms with Crippen molar-refractivity contribution in [1.29, 1.82) is 0 Å². The Morgan fingerprint density at radius 2 is 2.07 bits per heavy atom. The maximum absolute atomic E-state index is 8.86. The average molecular weight is 224 g/mol. The van der Waals surface area contributed by atoms with Crippen molar-refractivity contribution < 1.29 is 9.52 Å². The van der Waals surface area contributed by atoms with Crippen molar-refractivity contribution in [3.8, 4) is 11.3 Å². The van der Waals surface area contributed by atoms with Crippen LogP contribution in [0.3, 0.4) is 0 Å². The summed E-state index contributed by atoms with van der Waals surface area (Å²) in [5, 5.41) is 9.40. The third kappa shape index (κ3) is 1.98. The molecule has 0 saturated heterocycles. The molecular weight excluding hydrogens is 214 g/mol. The number of nitrogens with two attached hydrogens (primary N) is 1. The summed E-state index contributed by atoms with van der Waals surface area (Å²) in [6, 6.07) is 8.68. The molecule has 0 aliphatic heterocycles. The van der Waals surface area contributed by atoms with Crippen LogP contribution in [0.1, 0.15) is 5.76 Å². The van der Waals surface area contributed by atoms with Gasteiger partial charge in [0, 0.05) is 11.3 Å². The molecule has 0 spiro atoms. The van der Waals surface area contributed by atoms with E-state index in [1.165, 1.54) is 0 Å². The Morgan fingerprint density at radius 1 is 1.27 bits per heavy atom. The van der Waals surface area contributed by atoms with E-state index in [0.717, 1.165) is 5.56 Å². The molecule has 1 heterocycles. The van der Waals surface area contributed by atoms with Gasteiger partial charge in [-0.2, -0.15) is 0 Å². The van der Waals surface area contributed by atoms with Crippen molar-refractivity contribution in [2.24, 2.45) is 0 Å². The number of nitrogen functional groups attached to an aromatic ring is 1.